The van der Waals surface area contributed by atoms with Crippen molar-refractivity contribution in [3.63, 3.8) is 0 Å². The third-order valence-corrected chi connectivity index (χ3v) is 5.31. The molecule has 1 N–H and O–H groups in total. The van der Waals surface area contributed by atoms with Crippen LogP contribution >= 0.6 is 34.4 Å². The van der Waals surface area contributed by atoms with Crippen LogP contribution in [0.4, 0.5) is 0 Å². The second-order valence-corrected chi connectivity index (χ2v) is 6.92. The summed E-state index contributed by atoms with van der Waals surface area (Å²) in [4.78, 5) is 5.88. The SMILES string of the molecule is Cc1csc(SCCNCCc2cccs2)n1. The second kappa shape index (κ2) is 7.16. The van der Waals surface area contributed by atoms with E-state index in [0.717, 1.165) is 31.0 Å². The molecule has 0 bridgehead atoms. The molecule has 0 aliphatic carbocycles. The summed E-state index contributed by atoms with van der Waals surface area (Å²) >= 11 is 5.41. The van der Waals surface area contributed by atoms with Gasteiger partial charge in [-0.25, -0.2) is 4.98 Å². The molecule has 0 aliphatic rings. The van der Waals surface area contributed by atoms with Crippen molar-refractivity contribution in [2.24, 2.45) is 0 Å². The Kier molecular flexibility index (Phi) is 5.51. The van der Waals surface area contributed by atoms with Crippen LogP contribution in [0, 0.1) is 6.92 Å². The van der Waals surface area contributed by atoms with E-state index in [9.17, 15) is 0 Å². The molecule has 0 saturated carbocycles. The predicted molar refractivity (Wildman–Crippen MR) is 78.5 cm³/mol. The van der Waals surface area contributed by atoms with Gasteiger partial charge in [0.25, 0.3) is 0 Å². The van der Waals surface area contributed by atoms with E-state index in [1.165, 1.54) is 9.22 Å². The molecular weight excluding hydrogens is 268 g/mol. The van der Waals surface area contributed by atoms with Gasteiger partial charge in [0.1, 0.15) is 4.34 Å². The fourth-order valence-electron chi connectivity index (χ4n) is 1.40. The Hall–Kier alpha value is -0.360. The van der Waals surface area contributed by atoms with E-state index in [1.807, 2.05) is 30.0 Å². The fraction of sp³-hybridized carbons (Fsp3) is 0.417. The highest BCUT2D eigenvalue weighted by Crippen LogP contribution is 2.21. The quantitative estimate of drug-likeness (QED) is 0.623. The molecule has 5 heteroatoms. The van der Waals surface area contributed by atoms with Crippen molar-refractivity contribution in [3.8, 4) is 0 Å². The van der Waals surface area contributed by atoms with Gasteiger partial charge in [0, 0.05) is 28.2 Å². The average molecular weight is 284 g/mol. The van der Waals surface area contributed by atoms with Gasteiger partial charge in [-0.15, -0.1) is 22.7 Å². The lowest BCUT2D eigenvalue weighted by molar-refractivity contribution is 0.725. The maximum absolute atomic E-state index is 4.42. The Balaban J connectivity index is 1.52. The van der Waals surface area contributed by atoms with E-state index in [1.54, 1.807) is 11.3 Å². The van der Waals surface area contributed by atoms with Crippen molar-refractivity contribution < 1.29 is 0 Å². The molecule has 0 unspecified atom stereocenters. The first-order valence-electron chi connectivity index (χ1n) is 5.62. The van der Waals surface area contributed by atoms with Crippen LogP contribution in [-0.4, -0.2) is 23.8 Å². The number of hydrogen-bond acceptors (Lipinski definition) is 5. The van der Waals surface area contributed by atoms with Gasteiger partial charge in [-0.05, 0) is 31.3 Å². The molecule has 0 atom stereocenters. The number of aromatic nitrogens is 1. The first kappa shape index (κ1) is 13.1. The molecule has 2 heterocycles. The highest BCUT2D eigenvalue weighted by atomic mass is 32.2. The third-order valence-electron chi connectivity index (χ3n) is 2.23. The molecule has 0 amide bonds. The molecule has 0 aliphatic heterocycles. The average Bonchev–Trinajstić information content (AvgIpc) is 2.95. The van der Waals surface area contributed by atoms with Gasteiger partial charge in [-0.3, -0.25) is 0 Å². The van der Waals surface area contributed by atoms with Crippen LogP contribution in [0.2, 0.25) is 0 Å². The maximum atomic E-state index is 4.42. The van der Waals surface area contributed by atoms with Gasteiger partial charge >= 0.3 is 0 Å². The van der Waals surface area contributed by atoms with E-state index >= 15 is 0 Å². The summed E-state index contributed by atoms with van der Waals surface area (Å²) in [5.74, 6) is 1.09. The number of aryl methyl sites for hydroxylation is 1. The van der Waals surface area contributed by atoms with Crippen LogP contribution in [0.25, 0.3) is 0 Å². The molecule has 17 heavy (non-hydrogen) atoms. The first-order valence-corrected chi connectivity index (χ1v) is 8.37. The van der Waals surface area contributed by atoms with Gasteiger partial charge in [-0.1, -0.05) is 17.8 Å². The molecule has 2 aromatic rings. The summed E-state index contributed by atoms with van der Waals surface area (Å²) < 4.78 is 1.18. The Morgan fingerprint density at radius 3 is 3.00 bits per heavy atom. The predicted octanol–water partition coefficient (Wildman–Crippen LogP) is 3.44. The Morgan fingerprint density at radius 1 is 1.35 bits per heavy atom. The van der Waals surface area contributed by atoms with E-state index in [2.05, 4.69) is 33.2 Å². The molecule has 0 saturated heterocycles. The summed E-state index contributed by atoms with van der Waals surface area (Å²) in [5, 5.41) is 7.70. The zero-order chi connectivity index (χ0) is 11.9. The van der Waals surface area contributed by atoms with Crippen molar-refractivity contribution in [1.29, 1.82) is 0 Å². The van der Waals surface area contributed by atoms with Crippen LogP contribution in [0.15, 0.2) is 27.2 Å². The minimum atomic E-state index is 1.05. The largest absolute Gasteiger partial charge is 0.316 e. The van der Waals surface area contributed by atoms with Gasteiger partial charge in [0.2, 0.25) is 0 Å². The van der Waals surface area contributed by atoms with E-state index < -0.39 is 0 Å². The van der Waals surface area contributed by atoms with E-state index in [-0.39, 0.29) is 0 Å². The Bertz CT molecular complexity index is 423. The molecule has 2 nitrogen and oxygen atoms in total. The number of nitrogens with one attached hydrogen (secondary N) is 1. The summed E-state index contributed by atoms with van der Waals surface area (Å²) in [6.45, 7) is 4.16. The summed E-state index contributed by atoms with van der Waals surface area (Å²) in [7, 11) is 0. The van der Waals surface area contributed by atoms with Crippen molar-refractivity contribution in [3.05, 3.63) is 33.5 Å². The van der Waals surface area contributed by atoms with Crippen molar-refractivity contribution >= 4 is 34.4 Å². The zero-order valence-corrected chi connectivity index (χ0v) is 12.3. The summed E-state index contributed by atoms with van der Waals surface area (Å²) in [5.41, 5.74) is 1.13. The smallest absolute Gasteiger partial charge is 0.150 e. The minimum Gasteiger partial charge on any atom is -0.316 e. The van der Waals surface area contributed by atoms with Gasteiger partial charge in [0.15, 0.2) is 0 Å². The summed E-state index contributed by atoms with van der Waals surface area (Å²) in [6, 6.07) is 4.31. The van der Waals surface area contributed by atoms with Crippen LogP contribution in [0.1, 0.15) is 10.6 Å². The standard InChI is InChI=1S/C12H16N2S3/c1-10-9-17-12(14-10)16-8-6-13-5-4-11-3-2-7-15-11/h2-3,7,9,13H,4-6,8H2,1H3. The van der Waals surface area contributed by atoms with Gasteiger partial charge in [-0.2, -0.15) is 0 Å². The van der Waals surface area contributed by atoms with E-state index in [4.69, 9.17) is 0 Å². The molecule has 0 radical (unpaired) electrons. The number of rotatable bonds is 7. The molecule has 0 aromatic carbocycles. The van der Waals surface area contributed by atoms with Crippen molar-refractivity contribution in [1.82, 2.24) is 10.3 Å². The van der Waals surface area contributed by atoms with Crippen LogP contribution in [-0.2, 0) is 6.42 Å². The normalized spacial score (nSPS) is 10.9. The maximum Gasteiger partial charge on any atom is 0.150 e. The molecular formula is C12H16N2S3. The number of nitrogens with zero attached hydrogens (tertiary/aromatic N) is 1. The third kappa shape index (κ3) is 4.79. The van der Waals surface area contributed by atoms with Crippen LogP contribution in [0.3, 0.4) is 0 Å². The molecule has 2 rings (SSSR count). The molecule has 0 spiro atoms. The lowest BCUT2D eigenvalue weighted by atomic mass is 10.3. The first-order chi connectivity index (χ1) is 8.34. The topological polar surface area (TPSA) is 24.9 Å². The molecule has 2 aromatic heterocycles. The lowest BCUT2D eigenvalue weighted by Crippen LogP contribution is -2.19. The number of thioether (sulfide) groups is 1. The highest BCUT2D eigenvalue weighted by molar-refractivity contribution is 8.01. The van der Waals surface area contributed by atoms with Crippen molar-refractivity contribution in [2.75, 3.05) is 18.8 Å². The van der Waals surface area contributed by atoms with Crippen LogP contribution < -0.4 is 5.32 Å². The zero-order valence-electron chi connectivity index (χ0n) is 9.81. The summed E-state index contributed by atoms with van der Waals surface area (Å²) in [6.07, 6.45) is 1.14. The number of thiazole rings is 1. The Labute approximate surface area is 114 Å². The van der Waals surface area contributed by atoms with Gasteiger partial charge in [0.05, 0.1) is 0 Å². The minimum absolute atomic E-state index is 1.05. The second-order valence-electron chi connectivity index (χ2n) is 3.68. The van der Waals surface area contributed by atoms with Crippen molar-refractivity contribution in [2.45, 2.75) is 17.7 Å². The number of thiophene rings is 1. The van der Waals surface area contributed by atoms with Gasteiger partial charge < -0.3 is 5.32 Å². The Morgan fingerprint density at radius 2 is 2.29 bits per heavy atom. The molecule has 0 fully saturated rings. The fourth-order valence-corrected chi connectivity index (χ4v) is 3.93. The van der Waals surface area contributed by atoms with E-state index in [0.29, 0.717) is 0 Å². The van der Waals surface area contributed by atoms with Crippen LogP contribution in [0.5, 0.6) is 0 Å². The molecule has 92 valence electrons. The highest BCUT2D eigenvalue weighted by Gasteiger charge is 1.98. The number of hydrogen-bond donors (Lipinski definition) is 1. The lowest BCUT2D eigenvalue weighted by Gasteiger charge is -2.02. The monoisotopic (exact) mass is 284 g/mol.